The normalized spacial score (nSPS) is 12.9. The van der Waals surface area contributed by atoms with E-state index in [1.165, 1.54) is 0 Å². The molecule has 0 spiro atoms. The average Bonchev–Trinajstić information content (AvgIpc) is 2.47. The quantitative estimate of drug-likeness (QED) is 0.886. The average molecular weight is 325 g/mol. The molecule has 0 aliphatic rings. The lowest BCUT2D eigenvalue weighted by Crippen LogP contribution is -2.26. The van der Waals surface area contributed by atoms with Crippen molar-refractivity contribution in [3.8, 4) is 0 Å². The molecule has 21 heavy (non-hydrogen) atoms. The van der Waals surface area contributed by atoms with Gasteiger partial charge in [-0.3, -0.25) is 0 Å². The minimum atomic E-state index is -3.57. The van der Waals surface area contributed by atoms with Crippen LogP contribution in [0.15, 0.2) is 53.4 Å². The van der Waals surface area contributed by atoms with Crippen LogP contribution in [0.1, 0.15) is 18.5 Å². The van der Waals surface area contributed by atoms with Crippen molar-refractivity contribution in [2.75, 3.05) is 12.4 Å². The molecule has 0 aromatic heterocycles. The Kier molecular flexibility index (Phi) is 4.88. The fourth-order valence-corrected chi connectivity index (χ4v) is 3.38. The lowest BCUT2D eigenvalue weighted by molar-refractivity contribution is 0.567. The van der Waals surface area contributed by atoms with Crippen LogP contribution in [0.25, 0.3) is 0 Å². The molecule has 2 rings (SSSR count). The first-order valence-corrected chi connectivity index (χ1v) is 8.34. The van der Waals surface area contributed by atoms with Gasteiger partial charge in [0.2, 0.25) is 10.0 Å². The minimum Gasteiger partial charge on any atom is -0.388 e. The van der Waals surface area contributed by atoms with Crippen molar-refractivity contribution in [3.05, 3.63) is 59.1 Å². The van der Waals surface area contributed by atoms with Gasteiger partial charge >= 0.3 is 0 Å². The van der Waals surface area contributed by atoms with Crippen LogP contribution in [0.4, 0.5) is 5.69 Å². The molecule has 0 aliphatic heterocycles. The van der Waals surface area contributed by atoms with E-state index in [2.05, 4.69) is 10.0 Å². The largest absolute Gasteiger partial charge is 0.388 e. The molecule has 1 atom stereocenters. The third-order valence-corrected chi connectivity index (χ3v) is 4.93. The van der Waals surface area contributed by atoms with Crippen molar-refractivity contribution in [3.63, 3.8) is 0 Å². The molecule has 2 aromatic rings. The van der Waals surface area contributed by atoms with Crippen LogP contribution < -0.4 is 10.0 Å². The number of nitrogens with one attached hydrogen (secondary N) is 2. The van der Waals surface area contributed by atoms with Gasteiger partial charge < -0.3 is 5.32 Å². The van der Waals surface area contributed by atoms with Crippen LogP contribution in [0.2, 0.25) is 5.02 Å². The monoisotopic (exact) mass is 324 g/mol. The SMILES string of the molecule is CNc1ccc(S(=O)(=O)NC(C)c2cccc(Cl)c2)cc1. The van der Waals surface area contributed by atoms with Gasteiger partial charge in [0.05, 0.1) is 4.90 Å². The van der Waals surface area contributed by atoms with Gasteiger partial charge in [-0.2, -0.15) is 0 Å². The Labute approximate surface area is 130 Å². The lowest BCUT2D eigenvalue weighted by Gasteiger charge is -2.15. The highest BCUT2D eigenvalue weighted by molar-refractivity contribution is 7.89. The Balaban J connectivity index is 2.20. The van der Waals surface area contributed by atoms with Crippen LogP contribution >= 0.6 is 11.6 Å². The summed E-state index contributed by atoms with van der Waals surface area (Å²) in [5, 5.41) is 3.53. The summed E-state index contributed by atoms with van der Waals surface area (Å²) in [4.78, 5) is 0.232. The first-order valence-electron chi connectivity index (χ1n) is 6.48. The summed E-state index contributed by atoms with van der Waals surface area (Å²) in [6.07, 6.45) is 0. The molecule has 6 heteroatoms. The molecule has 112 valence electrons. The molecule has 4 nitrogen and oxygen atoms in total. The van der Waals surface area contributed by atoms with Gasteiger partial charge in [0, 0.05) is 23.8 Å². The second-order valence-corrected chi connectivity index (χ2v) is 6.82. The summed E-state index contributed by atoms with van der Waals surface area (Å²) in [7, 11) is -1.79. The smallest absolute Gasteiger partial charge is 0.241 e. The fraction of sp³-hybridized carbons (Fsp3) is 0.200. The molecule has 0 amide bonds. The maximum atomic E-state index is 12.3. The first kappa shape index (κ1) is 15.8. The molecule has 2 aromatic carbocycles. The van der Waals surface area contributed by atoms with Crippen molar-refractivity contribution in [1.82, 2.24) is 4.72 Å². The summed E-state index contributed by atoms with van der Waals surface area (Å²) in [5.41, 5.74) is 1.68. The molecule has 0 heterocycles. The zero-order chi connectivity index (χ0) is 15.5. The van der Waals surface area contributed by atoms with Gasteiger partial charge in [-0.25, -0.2) is 13.1 Å². The maximum Gasteiger partial charge on any atom is 0.241 e. The van der Waals surface area contributed by atoms with E-state index < -0.39 is 10.0 Å². The molecule has 0 saturated heterocycles. The van der Waals surface area contributed by atoms with Crippen LogP contribution in [-0.2, 0) is 10.0 Å². The van der Waals surface area contributed by atoms with Gasteiger partial charge in [0.15, 0.2) is 0 Å². The summed E-state index contributed by atoms with van der Waals surface area (Å²) < 4.78 is 27.3. The van der Waals surface area contributed by atoms with Crippen LogP contribution in [0, 0.1) is 0 Å². The third kappa shape index (κ3) is 3.97. The minimum absolute atomic E-state index is 0.232. The second-order valence-electron chi connectivity index (χ2n) is 4.67. The Morgan fingerprint density at radius 3 is 2.33 bits per heavy atom. The predicted octanol–water partition coefficient (Wildman–Crippen LogP) is 3.42. The highest BCUT2D eigenvalue weighted by Gasteiger charge is 2.18. The van der Waals surface area contributed by atoms with Gasteiger partial charge in [-0.05, 0) is 48.9 Å². The van der Waals surface area contributed by atoms with E-state index in [1.807, 2.05) is 6.07 Å². The second kappa shape index (κ2) is 6.47. The topological polar surface area (TPSA) is 58.2 Å². The standard InChI is InChI=1S/C15H17ClN2O2S/c1-11(12-4-3-5-13(16)10-12)18-21(19,20)15-8-6-14(17-2)7-9-15/h3-11,17-18H,1-2H3. The zero-order valence-corrected chi connectivity index (χ0v) is 13.4. The number of hydrogen-bond donors (Lipinski definition) is 2. The summed E-state index contributed by atoms with van der Waals surface area (Å²) >= 11 is 5.93. The van der Waals surface area contributed by atoms with E-state index in [0.29, 0.717) is 5.02 Å². The number of rotatable bonds is 5. The molecule has 0 fully saturated rings. The Bertz CT molecular complexity index is 715. The van der Waals surface area contributed by atoms with E-state index in [4.69, 9.17) is 11.6 Å². The fourth-order valence-electron chi connectivity index (χ4n) is 1.95. The lowest BCUT2D eigenvalue weighted by atomic mass is 10.1. The highest BCUT2D eigenvalue weighted by Crippen LogP contribution is 2.20. The number of halogens is 1. The number of sulfonamides is 1. The van der Waals surface area contributed by atoms with E-state index >= 15 is 0 Å². The van der Waals surface area contributed by atoms with Gasteiger partial charge in [0.25, 0.3) is 0 Å². The van der Waals surface area contributed by atoms with Crippen LogP contribution in [-0.4, -0.2) is 15.5 Å². The molecule has 0 aliphatic carbocycles. The Hall–Kier alpha value is -1.56. The van der Waals surface area contributed by atoms with Gasteiger partial charge in [-0.15, -0.1) is 0 Å². The van der Waals surface area contributed by atoms with Gasteiger partial charge in [-0.1, -0.05) is 23.7 Å². The predicted molar refractivity (Wildman–Crippen MR) is 86.2 cm³/mol. The highest BCUT2D eigenvalue weighted by atomic mass is 35.5. The molecule has 1 unspecified atom stereocenters. The molecule has 0 bridgehead atoms. The maximum absolute atomic E-state index is 12.3. The number of anilines is 1. The van der Waals surface area contributed by atoms with E-state index in [-0.39, 0.29) is 10.9 Å². The van der Waals surface area contributed by atoms with Crippen molar-refractivity contribution >= 4 is 27.3 Å². The summed E-state index contributed by atoms with van der Waals surface area (Å²) in [5.74, 6) is 0. The molecule has 2 N–H and O–H groups in total. The Morgan fingerprint density at radius 2 is 1.76 bits per heavy atom. The number of hydrogen-bond acceptors (Lipinski definition) is 3. The van der Waals surface area contributed by atoms with Gasteiger partial charge in [0.1, 0.15) is 0 Å². The van der Waals surface area contributed by atoms with Crippen molar-refractivity contribution in [2.24, 2.45) is 0 Å². The summed E-state index contributed by atoms with van der Waals surface area (Å²) in [6.45, 7) is 1.78. The molecular formula is C15H17ClN2O2S. The molecule has 0 radical (unpaired) electrons. The number of benzene rings is 2. The van der Waals surface area contributed by atoms with Crippen molar-refractivity contribution in [1.29, 1.82) is 0 Å². The first-order chi connectivity index (χ1) is 9.92. The van der Waals surface area contributed by atoms with E-state index in [0.717, 1.165) is 11.3 Å². The zero-order valence-electron chi connectivity index (χ0n) is 11.8. The molecule has 0 saturated carbocycles. The summed E-state index contributed by atoms with van der Waals surface area (Å²) in [6, 6.07) is 13.3. The van der Waals surface area contributed by atoms with Crippen LogP contribution in [0.5, 0.6) is 0 Å². The third-order valence-electron chi connectivity index (χ3n) is 3.13. The van der Waals surface area contributed by atoms with Crippen molar-refractivity contribution in [2.45, 2.75) is 17.9 Å². The molecular weight excluding hydrogens is 308 g/mol. The van der Waals surface area contributed by atoms with Crippen LogP contribution in [0.3, 0.4) is 0 Å². The van der Waals surface area contributed by atoms with E-state index in [9.17, 15) is 8.42 Å². The van der Waals surface area contributed by atoms with Crippen molar-refractivity contribution < 1.29 is 8.42 Å². The van der Waals surface area contributed by atoms with E-state index in [1.54, 1.807) is 56.4 Å². The Morgan fingerprint density at radius 1 is 1.10 bits per heavy atom.